The third kappa shape index (κ3) is 4.05. The Balaban J connectivity index is 1.63. The molecular weight excluding hydrogens is 320 g/mol. The molecule has 0 radical (unpaired) electrons. The van der Waals surface area contributed by atoms with Crippen LogP contribution in [0.5, 0.6) is 0 Å². The van der Waals surface area contributed by atoms with Crippen molar-refractivity contribution in [2.75, 3.05) is 11.1 Å². The summed E-state index contributed by atoms with van der Waals surface area (Å²) in [5.41, 5.74) is 8.23. The second kappa shape index (κ2) is 6.91. The minimum Gasteiger partial charge on any atom is -0.399 e. The maximum Gasteiger partial charge on any atom is 0.248 e. The van der Waals surface area contributed by atoms with E-state index in [2.05, 4.69) is 20.7 Å². The smallest absolute Gasteiger partial charge is 0.248 e. The molecule has 2 aromatic carbocycles. The van der Waals surface area contributed by atoms with E-state index in [1.54, 1.807) is 48.5 Å². The first-order valence-corrected chi connectivity index (χ1v) is 7.56. The Bertz CT molecular complexity index is 900. The monoisotopic (exact) mass is 336 g/mol. The Morgan fingerprint density at radius 1 is 1.08 bits per heavy atom. The fraction of sp³-hybridized carbons (Fsp3) is 0.118. The zero-order valence-electron chi connectivity index (χ0n) is 13.5. The zero-order chi connectivity index (χ0) is 17.8. The van der Waals surface area contributed by atoms with Crippen molar-refractivity contribution in [2.45, 2.75) is 13.5 Å². The SMILES string of the molecule is CC(=O)c1ccc(NC(=O)Cn2nnc(-c3ccc(N)cc3)n2)cc1. The first-order chi connectivity index (χ1) is 12.0. The number of ketones is 1. The highest BCUT2D eigenvalue weighted by molar-refractivity contribution is 5.95. The first kappa shape index (κ1) is 16.3. The van der Waals surface area contributed by atoms with Crippen LogP contribution in [0, 0.1) is 0 Å². The number of aromatic nitrogens is 4. The lowest BCUT2D eigenvalue weighted by molar-refractivity contribution is -0.117. The number of nitrogens with one attached hydrogen (secondary N) is 1. The predicted octanol–water partition coefficient (Wildman–Crippen LogP) is 1.76. The van der Waals surface area contributed by atoms with Gasteiger partial charge in [0.15, 0.2) is 5.78 Å². The second-order valence-corrected chi connectivity index (χ2v) is 5.45. The van der Waals surface area contributed by atoms with Gasteiger partial charge in [0.1, 0.15) is 6.54 Å². The molecule has 0 aliphatic carbocycles. The molecule has 1 heterocycles. The highest BCUT2D eigenvalue weighted by atomic mass is 16.2. The van der Waals surface area contributed by atoms with Crippen molar-refractivity contribution in [1.29, 1.82) is 0 Å². The van der Waals surface area contributed by atoms with Crippen LogP contribution in [0.2, 0.25) is 0 Å². The quantitative estimate of drug-likeness (QED) is 0.542. The summed E-state index contributed by atoms with van der Waals surface area (Å²) in [5.74, 6) is 0.0929. The molecule has 0 fully saturated rings. The van der Waals surface area contributed by atoms with Gasteiger partial charge in [-0.15, -0.1) is 10.2 Å². The summed E-state index contributed by atoms with van der Waals surface area (Å²) in [4.78, 5) is 24.5. The van der Waals surface area contributed by atoms with Crippen molar-refractivity contribution in [2.24, 2.45) is 0 Å². The normalized spacial score (nSPS) is 10.4. The lowest BCUT2D eigenvalue weighted by atomic mass is 10.1. The maximum atomic E-state index is 12.1. The van der Waals surface area contributed by atoms with Crippen molar-refractivity contribution in [1.82, 2.24) is 20.2 Å². The number of nitrogens with two attached hydrogens (primary N) is 1. The largest absolute Gasteiger partial charge is 0.399 e. The van der Waals surface area contributed by atoms with Crippen LogP contribution >= 0.6 is 0 Å². The standard InChI is InChI=1S/C17H16N6O2/c1-11(24)12-4-8-15(9-5-12)19-16(25)10-23-21-17(20-22-23)13-2-6-14(18)7-3-13/h2-9H,10,18H2,1H3,(H,19,25). The van der Waals surface area contributed by atoms with Gasteiger partial charge in [-0.25, -0.2) is 0 Å². The Labute approximate surface area is 143 Å². The van der Waals surface area contributed by atoms with E-state index < -0.39 is 0 Å². The highest BCUT2D eigenvalue weighted by Gasteiger charge is 2.10. The molecule has 0 aliphatic rings. The average molecular weight is 336 g/mol. The number of rotatable bonds is 5. The average Bonchev–Trinajstić information content (AvgIpc) is 3.04. The summed E-state index contributed by atoms with van der Waals surface area (Å²) < 4.78 is 0. The third-order valence-electron chi connectivity index (χ3n) is 3.48. The minimum atomic E-state index is -0.295. The molecule has 8 nitrogen and oxygen atoms in total. The van der Waals surface area contributed by atoms with Crippen molar-refractivity contribution in [3.63, 3.8) is 0 Å². The fourth-order valence-corrected chi connectivity index (χ4v) is 2.18. The lowest BCUT2D eigenvalue weighted by Gasteiger charge is -2.05. The Hall–Kier alpha value is -3.55. The number of benzene rings is 2. The number of tetrazole rings is 1. The number of amides is 1. The Kier molecular flexibility index (Phi) is 4.51. The summed E-state index contributed by atoms with van der Waals surface area (Å²) in [6, 6.07) is 13.7. The van der Waals surface area contributed by atoms with Gasteiger partial charge >= 0.3 is 0 Å². The maximum absolute atomic E-state index is 12.1. The Morgan fingerprint density at radius 2 is 1.76 bits per heavy atom. The number of nitrogens with zero attached hydrogens (tertiary/aromatic N) is 4. The van der Waals surface area contributed by atoms with Crippen LogP contribution < -0.4 is 11.1 Å². The number of carbonyl (C=O) groups excluding carboxylic acids is 2. The van der Waals surface area contributed by atoms with Gasteiger partial charge in [0.2, 0.25) is 11.7 Å². The minimum absolute atomic E-state index is 0.0279. The van der Waals surface area contributed by atoms with E-state index in [-0.39, 0.29) is 18.2 Å². The van der Waals surface area contributed by atoms with E-state index in [1.165, 1.54) is 11.7 Å². The van der Waals surface area contributed by atoms with Crippen LogP contribution in [0.3, 0.4) is 0 Å². The predicted molar refractivity (Wildman–Crippen MR) is 92.7 cm³/mol. The topological polar surface area (TPSA) is 116 Å². The number of carbonyl (C=O) groups is 2. The number of hydrogen-bond acceptors (Lipinski definition) is 6. The summed E-state index contributed by atoms with van der Waals surface area (Å²) in [5, 5.41) is 14.7. The van der Waals surface area contributed by atoms with Crippen LogP contribution in [-0.4, -0.2) is 31.9 Å². The van der Waals surface area contributed by atoms with Crippen LogP contribution in [0.25, 0.3) is 11.4 Å². The van der Waals surface area contributed by atoms with Gasteiger partial charge in [0.05, 0.1) is 0 Å². The molecule has 3 rings (SSSR count). The van der Waals surface area contributed by atoms with Gasteiger partial charge in [0, 0.05) is 22.5 Å². The molecular formula is C17H16N6O2. The molecule has 3 N–H and O–H groups in total. The van der Waals surface area contributed by atoms with Gasteiger partial charge < -0.3 is 11.1 Å². The van der Waals surface area contributed by atoms with E-state index in [4.69, 9.17) is 5.73 Å². The van der Waals surface area contributed by atoms with Gasteiger partial charge in [-0.1, -0.05) is 0 Å². The van der Waals surface area contributed by atoms with E-state index in [9.17, 15) is 9.59 Å². The molecule has 0 saturated carbocycles. The van der Waals surface area contributed by atoms with Crippen molar-refractivity contribution in [3.05, 3.63) is 54.1 Å². The van der Waals surface area contributed by atoms with Crippen molar-refractivity contribution >= 4 is 23.1 Å². The number of anilines is 2. The van der Waals surface area contributed by atoms with Crippen LogP contribution in [0.15, 0.2) is 48.5 Å². The Morgan fingerprint density at radius 3 is 2.40 bits per heavy atom. The molecule has 8 heteroatoms. The van der Waals surface area contributed by atoms with E-state index in [0.717, 1.165) is 5.56 Å². The number of nitrogen functional groups attached to an aromatic ring is 1. The first-order valence-electron chi connectivity index (χ1n) is 7.56. The molecule has 1 amide bonds. The number of Topliss-reactive ketones (excluding diaryl/α,β-unsaturated/α-hetero) is 1. The summed E-state index contributed by atoms with van der Waals surface area (Å²) >= 11 is 0. The highest BCUT2D eigenvalue weighted by Crippen LogP contribution is 2.15. The van der Waals surface area contributed by atoms with Crippen LogP contribution in [0.1, 0.15) is 17.3 Å². The van der Waals surface area contributed by atoms with Gasteiger partial charge in [-0.05, 0) is 60.7 Å². The molecule has 0 aliphatic heterocycles. The zero-order valence-corrected chi connectivity index (χ0v) is 13.5. The number of hydrogen-bond donors (Lipinski definition) is 2. The summed E-state index contributed by atoms with van der Waals surface area (Å²) in [6.45, 7) is 1.42. The summed E-state index contributed by atoms with van der Waals surface area (Å²) in [7, 11) is 0. The van der Waals surface area contributed by atoms with Crippen LogP contribution in [-0.2, 0) is 11.3 Å². The van der Waals surface area contributed by atoms with Crippen LogP contribution in [0.4, 0.5) is 11.4 Å². The van der Waals surface area contributed by atoms with Crippen molar-refractivity contribution < 1.29 is 9.59 Å². The molecule has 3 aromatic rings. The molecule has 0 saturated heterocycles. The molecule has 1 aromatic heterocycles. The molecule has 0 bridgehead atoms. The molecule has 25 heavy (non-hydrogen) atoms. The third-order valence-corrected chi connectivity index (χ3v) is 3.48. The lowest BCUT2D eigenvalue weighted by Crippen LogP contribution is -2.20. The molecule has 126 valence electrons. The molecule has 0 unspecified atom stereocenters. The molecule has 0 spiro atoms. The van der Waals surface area contributed by atoms with E-state index >= 15 is 0 Å². The second-order valence-electron chi connectivity index (χ2n) is 5.45. The molecule has 0 atom stereocenters. The van der Waals surface area contributed by atoms with Gasteiger partial charge in [0.25, 0.3) is 0 Å². The summed E-state index contributed by atoms with van der Waals surface area (Å²) in [6.07, 6.45) is 0. The van der Waals surface area contributed by atoms with Gasteiger partial charge in [-0.3, -0.25) is 9.59 Å². The van der Waals surface area contributed by atoms with E-state index in [1.807, 2.05) is 0 Å². The fourth-order valence-electron chi connectivity index (χ4n) is 2.18. The van der Waals surface area contributed by atoms with Crippen molar-refractivity contribution in [3.8, 4) is 11.4 Å². The van der Waals surface area contributed by atoms with Gasteiger partial charge in [-0.2, -0.15) is 4.80 Å². The van der Waals surface area contributed by atoms with E-state index in [0.29, 0.717) is 22.8 Å².